The molecule has 27 heavy (non-hydrogen) atoms. The van der Waals surface area contributed by atoms with Gasteiger partial charge in [0.15, 0.2) is 0 Å². The van der Waals surface area contributed by atoms with E-state index in [-0.39, 0.29) is 5.75 Å². The Morgan fingerprint density at radius 3 is 2.33 bits per heavy atom. The van der Waals surface area contributed by atoms with Crippen molar-refractivity contribution in [2.24, 2.45) is 0 Å². The van der Waals surface area contributed by atoms with E-state index in [0.29, 0.717) is 13.1 Å². The second-order valence-corrected chi connectivity index (χ2v) is 8.45. The highest BCUT2D eigenvalue weighted by Crippen LogP contribution is 2.28. The summed E-state index contributed by atoms with van der Waals surface area (Å²) in [7, 11) is -1.61. The van der Waals surface area contributed by atoms with E-state index in [1.165, 1.54) is 0 Å². The van der Waals surface area contributed by atoms with Crippen LogP contribution in [0.4, 0.5) is 5.69 Å². The molecule has 6 nitrogen and oxygen atoms in total. The van der Waals surface area contributed by atoms with Gasteiger partial charge >= 0.3 is 0 Å². The summed E-state index contributed by atoms with van der Waals surface area (Å²) in [4.78, 5) is 4.60. The number of benzene rings is 2. The minimum Gasteiger partial charge on any atom is -0.495 e. The molecule has 0 bridgehead atoms. The van der Waals surface area contributed by atoms with E-state index in [4.69, 9.17) is 4.74 Å². The Morgan fingerprint density at radius 2 is 1.63 bits per heavy atom. The first kappa shape index (κ1) is 19.7. The number of anilines is 1. The molecule has 1 fully saturated rings. The summed E-state index contributed by atoms with van der Waals surface area (Å²) in [5.74, 6) is 0.912. The van der Waals surface area contributed by atoms with Gasteiger partial charge < -0.3 is 9.64 Å². The van der Waals surface area contributed by atoms with Crippen molar-refractivity contribution in [1.29, 1.82) is 0 Å². The van der Waals surface area contributed by atoms with Gasteiger partial charge in [0.25, 0.3) is 0 Å². The van der Waals surface area contributed by atoms with Crippen molar-refractivity contribution in [2.75, 3.05) is 51.3 Å². The van der Waals surface area contributed by atoms with Gasteiger partial charge in [0.05, 0.1) is 18.6 Å². The number of nitrogens with zero attached hydrogens (tertiary/aromatic N) is 2. The molecule has 1 heterocycles. The standard InChI is InChI=1S/C20H27N3O3S/c1-26-20-10-6-5-9-19(20)23-15-13-22(14-16-23)12-11-21-27(24,25)17-18-7-3-2-4-8-18/h2-10,21H,11-17H2,1H3. The Kier molecular flexibility index (Phi) is 6.71. The quantitative estimate of drug-likeness (QED) is 0.748. The van der Waals surface area contributed by atoms with E-state index >= 15 is 0 Å². The highest BCUT2D eigenvalue weighted by molar-refractivity contribution is 7.88. The van der Waals surface area contributed by atoms with Crippen LogP contribution in [0, 0.1) is 0 Å². The molecular weight excluding hydrogens is 362 g/mol. The Labute approximate surface area is 161 Å². The highest BCUT2D eigenvalue weighted by atomic mass is 32.2. The van der Waals surface area contributed by atoms with Gasteiger partial charge in [-0.05, 0) is 17.7 Å². The molecule has 2 aromatic rings. The molecule has 0 aliphatic carbocycles. The molecule has 7 heteroatoms. The van der Waals surface area contributed by atoms with Gasteiger partial charge in [-0.1, -0.05) is 42.5 Å². The number of rotatable bonds is 8. The smallest absolute Gasteiger partial charge is 0.215 e. The first-order valence-corrected chi connectivity index (χ1v) is 10.8. The van der Waals surface area contributed by atoms with Gasteiger partial charge in [-0.15, -0.1) is 0 Å². The van der Waals surface area contributed by atoms with Crippen LogP contribution < -0.4 is 14.4 Å². The average molecular weight is 390 g/mol. The maximum absolute atomic E-state index is 12.2. The van der Waals surface area contributed by atoms with Gasteiger partial charge in [-0.3, -0.25) is 4.90 Å². The minimum absolute atomic E-state index is 0.0232. The molecule has 0 aromatic heterocycles. The number of para-hydroxylation sites is 2. The summed E-state index contributed by atoms with van der Waals surface area (Å²) in [6.07, 6.45) is 0. The maximum atomic E-state index is 12.2. The zero-order chi connectivity index (χ0) is 19.1. The van der Waals surface area contributed by atoms with Crippen LogP contribution in [0.3, 0.4) is 0 Å². The van der Waals surface area contributed by atoms with Crippen molar-refractivity contribution in [1.82, 2.24) is 9.62 Å². The molecule has 1 aliphatic heterocycles. The predicted octanol–water partition coefficient (Wildman–Crippen LogP) is 1.94. The summed E-state index contributed by atoms with van der Waals surface area (Å²) in [5.41, 5.74) is 1.92. The van der Waals surface area contributed by atoms with Crippen molar-refractivity contribution >= 4 is 15.7 Å². The number of hydrogen-bond donors (Lipinski definition) is 1. The van der Waals surface area contributed by atoms with E-state index in [1.54, 1.807) is 7.11 Å². The molecule has 1 N–H and O–H groups in total. The van der Waals surface area contributed by atoms with Gasteiger partial charge in [0, 0.05) is 39.3 Å². The van der Waals surface area contributed by atoms with Crippen molar-refractivity contribution in [3.05, 3.63) is 60.2 Å². The van der Waals surface area contributed by atoms with E-state index in [2.05, 4.69) is 20.6 Å². The summed E-state index contributed by atoms with van der Waals surface area (Å²) < 4.78 is 32.6. The largest absolute Gasteiger partial charge is 0.495 e. The van der Waals surface area contributed by atoms with Crippen LogP contribution in [-0.4, -0.2) is 59.7 Å². The zero-order valence-corrected chi connectivity index (χ0v) is 16.5. The van der Waals surface area contributed by atoms with Gasteiger partial charge in [0.1, 0.15) is 5.75 Å². The van der Waals surface area contributed by atoms with Crippen LogP contribution in [0.1, 0.15) is 5.56 Å². The molecule has 146 valence electrons. The topological polar surface area (TPSA) is 61.9 Å². The molecule has 2 aromatic carbocycles. The maximum Gasteiger partial charge on any atom is 0.215 e. The van der Waals surface area contributed by atoms with Crippen molar-refractivity contribution in [2.45, 2.75) is 5.75 Å². The fraction of sp³-hybridized carbons (Fsp3) is 0.400. The Hall–Kier alpha value is -2.09. The van der Waals surface area contributed by atoms with Crippen LogP contribution in [-0.2, 0) is 15.8 Å². The second kappa shape index (κ2) is 9.21. The van der Waals surface area contributed by atoms with Crippen LogP contribution in [0.25, 0.3) is 0 Å². The summed E-state index contributed by atoms with van der Waals surface area (Å²) in [6, 6.07) is 17.3. The Balaban J connectivity index is 1.43. The van der Waals surface area contributed by atoms with E-state index in [0.717, 1.165) is 43.2 Å². The lowest BCUT2D eigenvalue weighted by Gasteiger charge is -2.36. The average Bonchev–Trinajstić information content (AvgIpc) is 2.69. The van der Waals surface area contributed by atoms with Gasteiger partial charge in [-0.2, -0.15) is 0 Å². The van der Waals surface area contributed by atoms with Crippen LogP contribution in [0.15, 0.2) is 54.6 Å². The summed E-state index contributed by atoms with van der Waals surface area (Å²) in [5, 5.41) is 0. The number of piperazine rings is 1. The van der Waals surface area contributed by atoms with Crippen LogP contribution in [0.2, 0.25) is 0 Å². The third-order valence-corrected chi connectivity index (χ3v) is 6.10. The molecule has 0 radical (unpaired) electrons. The summed E-state index contributed by atoms with van der Waals surface area (Å²) >= 11 is 0. The monoisotopic (exact) mass is 389 g/mol. The molecule has 1 aliphatic rings. The first-order valence-electron chi connectivity index (χ1n) is 9.19. The molecule has 0 atom stereocenters. The number of nitrogens with one attached hydrogen (secondary N) is 1. The third kappa shape index (κ3) is 5.69. The molecule has 0 saturated carbocycles. The lowest BCUT2D eigenvalue weighted by atomic mass is 10.2. The highest BCUT2D eigenvalue weighted by Gasteiger charge is 2.20. The number of ether oxygens (including phenoxy) is 1. The number of hydrogen-bond acceptors (Lipinski definition) is 5. The van der Waals surface area contributed by atoms with Crippen molar-refractivity contribution in [3.63, 3.8) is 0 Å². The zero-order valence-electron chi connectivity index (χ0n) is 15.7. The molecular formula is C20H27N3O3S. The van der Waals surface area contributed by atoms with Crippen molar-refractivity contribution < 1.29 is 13.2 Å². The molecule has 0 unspecified atom stereocenters. The lowest BCUT2D eigenvalue weighted by molar-refractivity contribution is 0.261. The number of methoxy groups -OCH3 is 1. The third-order valence-electron chi connectivity index (χ3n) is 4.75. The predicted molar refractivity (Wildman–Crippen MR) is 109 cm³/mol. The fourth-order valence-electron chi connectivity index (χ4n) is 3.31. The second-order valence-electron chi connectivity index (χ2n) is 6.64. The van der Waals surface area contributed by atoms with E-state index in [9.17, 15) is 8.42 Å². The fourth-order valence-corrected chi connectivity index (χ4v) is 4.44. The van der Waals surface area contributed by atoms with E-state index in [1.807, 2.05) is 48.5 Å². The molecule has 0 spiro atoms. The minimum atomic E-state index is -3.30. The molecule has 3 rings (SSSR count). The Bertz CT molecular complexity index is 819. The lowest BCUT2D eigenvalue weighted by Crippen LogP contribution is -2.48. The van der Waals surface area contributed by atoms with Crippen LogP contribution >= 0.6 is 0 Å². The molecule has 0 amide bonds. The van der Waals surface area contributed by atoms with Gasteiger partial charge in [-0.25, -0.2) is 13.1 Å². The van der Waals surface area contributed by atoms with Crippen molar-refractivity contribution in [3.8, 4) is 5.75 Å². The molecule has 1 saturated heterocycles. The van der Waals surface area contributed by atoms with E-state index < -0.39 is 10.0 Å². The Morgan fingerprint density at radius 1 is 0.963 bits per heavy atom. The SMILES string of the molecule is COc1ccccc1N1CCN(CCNS(=O)(=O)Cc2ccccc2)CC1. The normalized spacial score (nSPS) is 15.7. The first-order chi connectivity index (χ1) is 13.1. The summed E-state index contributed by atoms with van der Waals surface area (Å²) in [6.45, 7) is 4.75. The van der Waals surface area contributed by atoms with Crippen LogP contribution in [0.5, 0.6) is 5.75 Å². The number of sulfonamides is 1. The van der Waals surface area contributed by atoms with Gasteiger partial charge in [0.2, 0.25) is 10.0 Å².